The summed E-state index contributed by atoms with van der Waals surface area (Å²) in [5.74, 6) is -1.14. The molecule has 0 spiro atoms. The summed E-state index contributed by atoms with van der Waals surface area (Å²) in [4.78, 5) is 11.7. The lowest BCUT2D eigenvalue weighted by Gasteiger charge is -2.34. The zero-order valence-corrected chi connectivity index (χ0v) is 12.4. The fourth-order valence-corrected chi connectivity index (χ4v) is 3.67. The molecule has 0 atom stereocenters. The number of carboxylic acids is 1. The number of hydrogen-bond donors (Lipinski definition) is 2. The van der Waals surface area contributed by atoms with E-state index in [0.29, 0.717) is 31.4 Å². The van der Waals surface area contributed by atoms with E-state index in [0.717, 1.165) is 4.90 Å². The molecule has 2 N–H and O–H groups in total. The summed E-state index contributed by atoms with van der Waals surface area (Å²) in [5, 5.41) is 19.4. The van der Waals surface area contributed by atoms with E-state index in [4.69, 9.17) is 16.7 Å². The molecule has 1 saturated carbocycles. The number of halogens is 2. The molecule has 110 valence electrons. The Balaban J connectivity index is 1.90. The number of aliphatic carboxylic acids is 1. The maximum Gasteiger partial charge on any atom is 0.306 e. The van der Waals surface area contributed by atoms with Gasteiger partial charge in [0.1, 0.15) is 5.82 Å². The van der Waals surface area contributed by atoms with E-state index in [1.54, 1.807) is 6.07 Å². The van der Waals surface area contributed by atoms with Gasteiger partial charge >= 0.3 is 5.97 Å². The minimum Gasteiger partial charge on any atom is -0.481 e. The van der Waals surface area contributed by atoms with Gasteiger partial charge in [-0.05, 0) is 43.9 Å². The van der Waals surface area contributed by atoms with Crippen molar-refractivity contribution >= 4 is 29.3 Å². The quantitative estimate of drug-likeness (QED) is 0.833. The van der Waals surface area contributed by atoms with E-state index in [1.807, 2.05) is 0 Å². The van der Waals surface area contributed by atoms with E-state index >= 15 is 0 Å². The standard InChI is InChI=1S/C14H16ClFO3S/c15-11-7-10(1-2-12(11)16)20-8-14(19)5-3-9(4-6-14)13(17)18/h1-2,7,9,19H,3-6,8H2,(H,17,18). The maximum atomic E-state index is 13.0. The van der Waals surface area contributed by atoms with Crippen LogP contribution < -0.4 is 0 Å². The number of benzene rings is 1. The highest BCUT2D eigenvalue weighted by atomic mass is 35.5. The smallest absolute Gasteiger partial charge is 0.306 e. The van der Waals surface area contributed by atoms with Gasteiger partial charge in [0.15, 0.2) is 0 Å². The predicted molar refractivity (Wildman–Crippen MR) is 76.7 cm³/mol. The van der Waals surface area contributed by atoms with Gasteiger partial charge in [0.05, 0.1) is 16.5 Å². The zero-order chi connectivity index (χ0) is 14.8. The van der Waals surface area contributed by atoms with Gasteiger partial charge in [0, 0.05) is 10.6 Å². The SMILES string of the molecule is O=C(O)C1CCC(O)(CSc2ccc(F)c(Cl)c2)CC1. The second kappa shape index (κ2) is 6.33. The van der Waals surface area contributed by atoms with E-state index in [1.165, 1.54) is 23.9 Å². The van der Waals surface area contributed by atoms with Crippen LogP contribution in [-0.2, 0) is 4.79 Å². The van der Waals surface area contributed by atoms with Crippen molar-refractivity contribution in [3.63, 3.8) is 0 Å². The Labute approximate surface area is 126 Å². The van der Waals surface area contributed by atoms with Gasteiger partial charge in [0.25, 0.3) is 0 Å². The van der Waals surface area contributed by atoms with Gasteiger partial charge in [-0.15, -0.1) is 11.8 Å². The van der Waals surface area contributed by atoms with Crippen LogP contribution in [0.4, 0.5) is 4.39 Å². The van der Waals surface area contributed by atoms with Crippen molar-refractivity contribution in [2.24, 2.45) is 5.92 Å². The number of hydrogen-bond acceptors (Lipinski definition) is 3. The van der Waals surface area contributed by atoms with Crippen LogP contribution in [0.2, 0.25) is 5.02 Å². The molecule has 0 aromatic heterocycles. The van der Waals surface area contributed by atoms with E-state index in [-0.39, 0.29) is 10.9 Å². The van der Waals surface area contributed by atoms with Gasteiger partial charge in [-0.2, -0.15) is 0 Å². The molecule has 0 bridgehead atoms. The summed E-state index contributed by atoms with van der Waals surface area (Å²) in [5.41, 5.74) is -0.850. The van der Waals surface area contributed by atoms with E-state index in [9.17, 15) is 14.3 Å². The van der Waals surface area contributed by atoms with E-state index in [2.05, 4.69) is 0 Å². The molecule has 1 aliphatic rings. The molecule has 0 saturated heterocycles. The molecular formula is C14H16ClFO3S. The molecular weight excluding hydrogens is 303 g/mol. The van der Waals surface area contributed by atoms with Crippen LogP contribution in [0.25, 0.3) is 0 Å². The molecule has 1 fully saturated rings. The Morgan fingerprint density at radius 1 is 1.45 bits per heavy atom. The summed E-state index contributed by atoms with van der Waals surface area (Å²) in [7, 11) is 0. The van der Waals surface area contributed by atoms with Crippen molar-refractivity contribution in [1.29, 1.82) is 0 Å². The molecule has 1 aromatic carbocycles. The summed E-state index contributed by atoms with van der Waals surface area (Å²) in [6, 6.07) is 4.46. The Bertz CT molecular complexity index is 501. The third-order valence-corrected chi connectivity index (χ3v) is 5.22. The fourth-order valence-electron chi connectivity index (χ4n) is 2.33. The molecule has 6 heteroatoms. The number of thioether (sulfide) groups is 1. The van der Waals surface area contributed by atoms with Crippen molar-refractivity contribution < 1.29 is 19.4 Å². The van der Waals surface area contributed by atoms with Crippen LogP contribution in [0.15, 0.2) is 23.1 Å². The molecule has 3 nitrogen and oxygen atoms in total. The number of carbonyl (C=O) groups is 1. The molecule has 0 aliphatic heterocycles. The van der Waals surface area contributed by atoms with E-state index < -0.39 is 17.4 Å². The summed E-state index contributed by atoms with van der Waals surface area (Å²) in [6.07, 6.45) is 1.95. The first-order chi connectivity index (χ1) is 9.39. The third kappa shape index (κ3) is 3.87. The topological polar surface area (TPSA) is 57.5 Å². The Morgan fingerprint density at radius 2 is 2.10 bits per heavy atom. The highest BCUT2D eigenvalue weighted by molar-refractivity contribution is 7.99. The molecule has 20 heavy (non-hydrogen) atoms. The number of rotatable bonds is 4. The summed E-state index contributed by atoms with van der Waals surface area (Å²) in [6.45, 7) is 0. The largest absolute Gasteiger partial charge is 0.481 e. The minimum absolute atomic E-state index is 0.0663. The second-order valence-corrected chi connectivity index (χ2v) is 6.66. The molecule has 0 radical (unpaired) electrons. The number of carboxylic acid groups (broad SMARTS) is 1. The monoisotopic (exact) mass is 318 g/mol. The van der Waals surface area contributed by atoms with Gasteiger partial charge in [-0.3, -0.25) is 4.79 Å². The lowest BCUT2D eigenvalue weighted by Crippen LogP contribution is -2.38. The van der Waals surface area contributed by atoms with Crippen LogP contribution in [0, 0.1) is 11.7 Å². The Morgan fingerprint density at radius 3 is 2.65 bits per heavy atom. The lowest BCUT2D eigenvalue weighted by atomic mass is 9.80. The van der Waals surface area contributed by atoms with Crippen LogP contribution in [-0.4, -0.2) is 27.5 Å². The van der Waals surface area contributed by atoms with Crippen molar-refractivity contribution in [2.45, 2.75) is 36.2 Å². The summed E-state index contributed by atoms with van der Waals surface area (Å²) < 4.78 is 13.0. The fraction of sp³-hybridized carbons (Fsp3) is 0.500. The van der Waals surface area contributed by atoms with Crippen LogP contribution in [0.3, 0.4) is 0 Å². The highest BCUT2D eigenvalue weighted by Crippen LogP contribution is 2.36. The summed E-state index contributed by atoms with van der Waals surface area (Å²) >= 11 is 7.12. The van der Waals surface area contributed by atoms with Gasteiger partial charge in [-0.25, -0.2) is 4.39 Å². The van der Waals surface area contributed by atoms with Crippen molar-refractivity contribution in [1.82, 2.24) is 0 Å². The third-order valence-electron chi connectivity index (χ3n) is 3.66. The molecule has 0 heterocycles. The first-order valence-corrected chi connectivity index (χ1v) is 7.79. The predicted octanol–water partition coefficient (Wildman–Crippen LogP) is 3.58. The molecule has 2 rings (SSSR count). The lowest BCUT2D eigenvalue weighted by molar-refractivity contribution is -0.144. The first kappa shape index (κ1) is 15.6. The van der Waals surface area contributed by atoms with Crippen molar-refractivity contribution in [2.75, 3.05) is 5.75 Å². The van der Waals surface area contributed by atoms with Crippen LogP contribution in [0.5, 0.6) is 0 Å². The number of aliphatic hydroxyl groups is 1. The van der Waals surface area contributed by atoms with Crippen LogP contribution in [0.1, 0.15) is 25.7 Å². The molecule has 1 aliphatic carbocycles. The second-order valence-electron chi connectivity index (χ2n) is 5.20. The minimum atomic E-state index is -0.850. The molecule has 0 unspecified atom stereocenters. The Hall–Kier alpha value is -0.780. The van der Waals surface area contributed by atoms with Gasteiger partial charge < -0.3 is 10.2 Å². The highest BCUT2D eigenvalue weighted by Gasteiger charge is 2.35. The van der Waals surface area contributed by atoms with Crippen molar-refractivity contribution in [3.05, 3.63) is 29.0 Å². The molecule has 0 amide bonds. The average molecular weight is 319 g/mol. The van der Waals surface area contributed by atoms with Crippen molar-refractivity contribution in [3.8, 4) is 0 Å². The average Bonchev–Trinajstić information content (AvgIpc) is 2.41. The normalized spacial score (nSPS) is 26.4. The van der Waals surface area contributed by atoms with Gasteiger partial charge in [0.2, 0.25) is 0 Å². The van der Waals surface area contributed by atoms with Gasteiger partial charge in [-0.1, -0.05) is 11.6 Å². The zero-order valence-electron chi connectivity index (χ0n) is 10.8. The first-order valence-electron chi connectivity index (χ1n) is 6.43. The maximum absolute atomic E-state index is 13.0. The Kier molecular flexibility index (Phi) is 4.94. The molecule has 1 aromatic rings. The van der Waals surface area contributed by atoms with Crippen LogP contribution >= 0.6 is 23.4 Å².